The van der Waals surface area contributed by atoms with E-state index in [2.05, 4.69) is 42.5 Å². The van der Waals surface area contributed by atoms with Gasteiger partial charge in [-0.15, -0.1) is 0 Å². The Hall–Kier alpha value is -1.75. The minimum absolute atomic E-state index is 0.116. The van der Waals surface area contributed by atoms with Crippen LogP contribution >= 0.6 is 11.8 Å². The zero-order valence-corrected chi connectivity index (χ0v) is 17.1. The highest BCUT2D eigenvalue weighted by atomic mass is 32.2. The molecule has 5 heteroatoms. The number of thioether (sulfide) groups is 1. The zero-order valence-electron chi connectivity index (χ0n) is 16.2. The van der Waals surface area contributed by atoms with Crippen molar-refractivity contribution in [2.24, 2.45) is 13.0 Å². The predicted octanol–water partition coefficient (Wildman–Crippen LogP) is 4.36. The van der Waals surface area contributed by atoms with Crippen molar-refractivity contribution in [3.63, 3.8) is 0 Å². The number of benzene rings is 1. The molecule has 0 aliphatic carbocycles. The standard InChI is InChI=1S/C21H29N3OS/c1-21(2,3)18-7-5-17(6-8-18)19(25)24-12-9-16(10-13-24)15-26-20-22-11-14-23(20)4/h5-8,11,14,16H,9-10,12-13,15H2,1-4H3. The zero-order chi connectivity index (χ0) is 18.7. The second-order valence-electron chi connectivity index (χ2n) is 8.19. The molecule has 1 fully saturated rings. The highest BCUT2D eigenvalue weighted by molar-refractivity contribution is 7.99. The summed E-state index contributed by atoms with van der Waals surface area (Å²) < 4.78 is 2.06. The number of imidazole rings is 1. The van der Waals surface area contributed by atoms with Gasteiger partial charge in [-0.3, -0.25) is 4.79 Å². The average molecular weight is 372 g/mol. The van der Waals surface area contributed by atoms with Gasteiger partial charge in [0.15, 0.2) is 5.16 Å². The largest absolute Gasteiger partial charge is 0.339 e. The first-order valence-electron chi connectivity index (χ1n) is 9.34. The Morgan fingerprint density at radius 1 is 1.19 bits per heavy atom. The molecule has 0 saturated carbocycles. The predicted molar refractivity (Wildman–Crippen MR) is 108 cm³/mol. The van der Waals surface area contributed by atoms with Crippen molar-refractivity contribution >= 4 is 17.7 Å². The smallest absolute Gasteiger partial charge is 0.253 e. The number of carbonyl (C=O) groups excluding carboxylic acids is 1. The van der Waals surface area contributed by atoms with Crippen LogP contribution in [0.4, 0.5) is 0 Å². The summed E-state index contributed by atoms with van der Waals surface area (Å²) in [6.07, 6.45) is 5.97. The van der Waals surface area contributed by atoms with Gasteiger partial charge in [0, 0.05) is 43.8 Å². The van der Waals surface area contributed by atoms with Crippen LogP contribution in [0.3, 0.4) is 0 Å². The molecular weight excluding hydrogens is 342 g/mol. The fourth-order valence-corrected chi connectivity index (χ4v) is 4.40. The highest BCUT2D eigenvalue weighted by Gasteiger charge is 2.24. The van der Waals surface area contributed by atoms with Crippen molar-refractivity contribution in [3.8, 4) is 0 Å². The quantitative estimate of drug-likeness (QED) is 0.750. The van der Waals surface area contributed by atoms with Crippen LogP contribution in [0, 0.1) is 5.92 Å². The molecule has 0 radical (unpaired) electrons. The van der Waals surface area contributed by atoms with Gasteiger partial charge in [-0.25, -0.2) is 4.98 Å². The molecule has 4 nitrogen and oxygen atoms in total. The van der Waals surface area contributed by atoms with E-state index in [1.54, 1.807) is 0 Å². The molecule has 0 bridgehead atoms. The fourth-order valence-electron chi connectivity index (χ4n) is 3.28. The van der Waals surface area contributed by atoms with Crippen molar-refractivity contribution in [3.05, 3.63) is 47.8 Å². The lowest BCUT2D eigenvalue weighted by Crippen LogP contribution is -2.39. The Labute approximate surface area is 161 Å². The minimum atomic E-state index is 0.116. The highest BCUT2D eigenvalue weighted by Crippen LogP contribution is 2.27. The molecule has 1 saturated heterocycles. The van der Waals surface area contributed by atoms with Crippen molar-refractivity contribution in [2.75, 3.05) is 18.8 Å². The summed E-state index contributed by atoms with van der Waals surface area (Å²) in [7, 11) is 2.03. The van der Waals surface area contributed by atoms with Gasteiger partial charge in [-0.05, 0) is 41.9 Å². The molecule has 0 unspecified atom stereocenters. The van der Waals surface area contributed by atoms with Crippen LogP contribution in [-0.2, 0) is 12.5 Å². The van der Waals surface area contributed by atoms with E-state index in [4.69, 9.17) is 0 Å². The van der Waals surface area contributed by atoms with Crippen LogP contribution in [0.15, 0.2) is 41.8 Å². The molecule has 0 N–H and O–H groups in total. The molecule has 1 aromatic heterocycles. The molecule has 1 aliphatic heterocycles. The van der Waals surface area contributed by atoms with Crippen molar-refractivity contribution < 1.29 is 4.79 Å². The summed E-state index contributed by atoms with van der Waals surface area (Å²) >= 11 is 1.82. The van der Waals surface area contributed by atoms with Gasteiger partial charge in [0.05, 0.1) is 0 Å². The van der Waals surface area contributed by atoms with Gasteiger partial charge in [-0.2, -0.15) is 0 Å². The molecule has 140 valence electrons. The van der Waals surface area contributed by atoms with Crippen LogP contribution in [0.25, 0.3) is 0 Å². The number of piperidine rings is 1. The molecule has 1 aromatic carbocycles. The normalized spacial score (nSPS) is 16.1. The molecule has 0 atom stereocenters. The first kappa shape index (κ1) is 19.0. The van der Waals surface area contributed by atoms with Gasteiger partial charge in [0.1, 0.15) is 0 Å². The van der Waals surface area contributed by atoms with Gasteiger partial charge >= 0.3 is 0 Å². The van der Waals surface area contributed by atoms with Crippen molar-refractivity contribution in [1.29, 1.82) is 0 Å². The van der Waals surface area contributed by atoms with E-state index >= 15 is 0 Å². The summed E-state index contributed by atoms with van der Waals surface area (Å²) in [6.45, 7) is 8.28. The molecule has 1 aliphatic rings. The monoisotopic (exact) mass is 371 g/mol. The summed E-state index contributed by atoms with van der Waals surface area (Å²) in [5.41, 5.74) is 2.18. The third-order valence-electron chi connectivity index (χ3n) is 5.12. The van der Waals surface area contributed by atoms with Crippen LogP contribution in [0.1, 0.15) is 49.5 Å². The average Bonchev–Trinajstić information content (AvgIpc) is 3.04. The number of hydrogen-bond donors (Lipinski definition) is 0. The summed E-state index contributed by atoms with van der Waals surface area (Å²) in [5.74, 6) is 1.90. The maximum atomic E-state index is 12.8. The SMILES string of the molecule is Cn1ccnc1SCC1CCN(C(=O)c2ccc(C(C)(C)C)cc2)CC1. The van der Waals surface area contributed by atoms with E-state index in [1.165, 1.54) is 5.56 Å². The van der Waals surface area contributed by atoms with E-state index in [1.807, 2.05) is 48.2 Å². The van der Waals surface area contributed by atoms with Crippen LogP contribution in [0.5, 0.6) is 0 Å². The van der Waals surface area contributed by atoms with E-state index in [0.29, 0.717) is 5.92 Å². The maximum absolute atomic E-state index is 12.8. The Morgan fingerprint density at radius 2 is 1.85 bits per heavy atom. The number of nitrogens with zero attached hydrogens (tertiary/aromatic N) is 3. The van der Waals surface area contributed by atoms with E-state index in [-0.39, 0.29) is 11.3 Å². The Morgan fingerprint density at radius 3 is 2.38 bits per heavy atom. The van der Waals surface area contributed by atoms with Gasteiger partial charge in [-0.1, -0.05) is 44.7 Å². The molecule has 2 aromatic rings. The number of likely N-dealkylation sites (tertiary alicyclic amines) is 1. The lowest BCUT2D eigenvalue weighted by Gasteiger charge is -2.32. The first-order valence-corrected chi connectivity index (χ1v) is 10.3. The Balaban J connectivity index is 1.51. The second-order valence-corrected chi connectivity index (χ2v) is 9.18. The fraction of sp³-hybridized carbons (Fsp3) is 0.524. The molecule has 26 heavy (non-hydrogen) atoms. The molecule has 1 amide bonds. The number of aromatic nitrogens is 2. The van der Waals surface area contributed by atoms with Crippen molar-refractivity contribution in [1.82, 2.24) is 14.5 Å². The van der Waals surface area contributed by atoms with E-state index < -0.39 is 0 Å². The third kappa shape index (κ3) is 4.50. The second kappa shape index (κ2) is 7.87. The first-order chi connectivity index (χ1) is 12.3. The van der Waals surface area contributed by atoms with Gasteiger partial charge in [0.2, 0.25) is 0 Å². The van der Waals surface area contributed by atoms with Gasteiger partial charge < -0.3 is 9.47 Å². The van der Waals surface area contributed by atoms with Crippen LogP contribution in [-0.4, -0.2) is 39.2 Å². The summed E-state index contributed by atoms with van der Waals surface area (Å²) in [5, 5.41) is 1.07. The van der Waals surface area contributed by atoms with Crippen LogP contribution in [0.2, 0.25) is 0 Å². The summed E-state index contributed by atoms with van der Waals surface area (Å²) in [6, 6.07) is 8.13. The van der Waals surface area contributed by atoms with Crippen molar-refractivity contribution in [2.45, 2.75) is 44.2 Å². The summed E-state index contributed by atoms with van der Waals surface area (Å²) in [4.78, 5) is 19.1. The minimum Gasteiger partial charge on any atom is -0.339 e. The molecular formula is C21H29N3OS. The molecule has 3 rings (SSSR count). The number of amides is 1. The number of aryl methyl sites for hydroxylation is 1. The topological polar surface area (TPSA) is 38.1 Å². The van der Waals surface area contributed by atoms with Crippen LogP contribution < -0.4 is 0 Å². The van der Waals surface area contributed by atoms with E-state index in [9.17, 15) is 4.79 Å². The Kier molecular flexibility index (Phi) is 5.76. The third-order valence-corrected chi connectivity index (χ3v) is 6.41. The number of carbonyl (C=O) groups is 1. The lowest BCUT2D eigenvalue weighted by atomic mass is 9.86. The number of rotatable bonds is 4. The maximum Gasteiger partial charge on any atom is 0.253 e. The van der Waals surface area contributed by atoms with Gasteiger partial charge in [0.25, 0.3) is 5.91 Å². The number of hydrogen-bond acceptors (Lipinski definition) is 3. The molecule has 0 spiro atoms. The molecule has 2 heterocycles. The van der Waals surface area contributed by atoms with E-state index in [0.717, 1.165) is 42.4 Å². The Bertz CT molecular complexity index is 737. The lowest BCUT2D eigenvalue weighted by molar-refractivity contribution is 0.0698.